The maximum Gasteiger partial charge on any atom is 0.311 e. The van der Waals surface area contributed by atoms with E-state index in [1.165, 1.54) is 0 Å². The van der Waals surface area contributed by atoms with Gasteiger partial charge >= 0.3 is 5.97 Å². The third-order valence-electron chi connectivity index (χ3n) is 3.13. The topological polar surface area (TPSA) is 37.3 Å². The summed E-state index contributed by atoms with van der Waals surface area (Å²) < 4.78 is 0. The fourth-order valence-corrected chi connectivity index (χ4v) is 2.38. The molecule has 0 saturated carbocycles. The average Bonchev–Trinajstić information content (AvgIpc) is 2.38. The van der Waals surface area contributed by atoms with E-state index in [9.17, 15) is 9.90 Å². The molecular formula is C16H15ClO2. The molecule has 0 aromatic heterocycles. The van der Waals surface area contributed by atoms with Gasteiger partial charge in [-0.2, -0.15) is 0 Å². The van der Waals surface area contributed by atoms with Crippen molar-refractivity contribution in [2.24, 2.45) is 0 Å². The molecule has 0 aliphatic heterocycles. The largest absolute Gasteiger partial charge is 0.481 e. The lowest BCUT2D eigenvalue weighted by atomic mass is 9.92. The van der Waals surface area contributed by atoms with Gasteiger partial charge < -0.3 is 5.11 Å². The molecule has 3 heteroatoms. The number of halogens is 1. The minimum absolute atomic E-state index is 0.401. The van der Waals surface area contributed by atoms with Crippen molar-refractivity contribution in [3.63, 3.8) is 0 Å². The molecule has 1 atom stereocenters. The highest BCUT2D eigenvalue weighted by Crippen LogP contribution is 2.26. The van der Waals surface area contributed by atoms with E-state index >= 15 is 0 Å². The summed E-state index contributed by atoms with van der Waals surface area (Å²) in [6.07, 6.45) is 0.401. The monoisotopic (exact) mass is 274 g/mol. The Labute approximate surface area is 117 Å². The number of aryl methyl sites for hydroxylation is 1. The fourth-order valence-electron chi connectivity index (χ4n) is 2.07. The van der Waals surface area contributed by atoms with Gasteiger partial charge in [0.05, 0.1) is 5.92 Å². The number of rotatable bonds is 4. The van der Waals surface area contributed by atoms with Gasteiger partial charge in [0.1, 0.15) is 0 Å². The summed E-state index contributed by atoms with van der Waals surface area (Å²) in [5, 5.41) is 10.0. The molecule has 2 nitrogen and oxygen atoms in total. The van der Waals surface area contributed by atoms with Gasteiger partial charge in [-0.1, -0.05) is 54.1 Å². The Balaban J connectivity index is 2.29. The molecule has 2 aromatic rings. The fraction of sp³-hybridized carbons (Fsp3) is 0.188. The van der Waals surface area contributed by atoms with Crippen molar-refractivity contribution < 1.29 is 9.90 Å². The van der Waals surface area contributed by atoms with Gasteiger partial charge in [-0.05, 0) is 36.1 Å². The van der Waals surface area contributed by atoms with Crippen molar-refractivity contribution in [3.8, 4) is 0 Å². The maximum atomic E-state index is 11.4. The van der Waals surface area contributed by atoms with Gasteiger partial charge in [-0.25, -0.2) is 0 Å². The molecule has 2 aromatic carbocycles. The van der Waals surface area contributed by atoms with Crippen molar-refractivity contribution in [1.29, 1.82) is 0 Å². The van der Waals surface area contributed by atoms with Crippen LogP contribution in [0.25, 0.3) is 0 Å². The van der Waals surface area contributed by atoms with E-state index in [1.54, 1.807) is 0 Å². The molecule has 98 valence electrons. The van der Waals surface area contributed by atoms with Crippen LogP contribution in [-0.4, -0.2) is 11.1 Å². The van der Waals surface area contributed by atoms with E-state index in [0.29, 0.717) is 11.4 Å². The predicted octanol–water partition coefficient (Wildman–Crippen LogP) is 4.06. The zero-order valence-electron chi connectivity index (χ0n) is 10.6. The minimum Gasteiger partial charge on any atom is -0.481 e. The molecule has 0 saturated heterocycles. The van der Waals surface area contributed by atoms with Gasteiger partial charge in [0, 0.05) is 5.02 Å². The first-order valence-electron chi connectivity index (χ1n) is 6.10. The standard InChI is InChI=1S/C16H15ClO2/c1-11-7-8-13(15(17)9-11)10-14(16(18)19)12-5-3-2-4-6-12/h2-9,14H,10H2,1H3,(H,18,19). The first kappa shape index (κ1) is 13.6. The van der Waals surface area contributed by atoms with E-state index in [4.69, 9.17) is 11.6 Å². The first-order chi connectivity index (χ1) is 9.08. The summed E-state index contributed by atoms with van der Waals surface area (Å²) >= 11 is 6.17. The second-order valence-electron chi connectivity index (χ2n) is 4.60. The highest BCUT2D eigenvalue weighted by molar-refractivity contribution is 6.31. The normalized spacial score (nSPS) is 12.1. The summed E-state index contributed by atoms with van der Waals surface area (Å²) in [5.74, 6) is -1.40. The van der Waals surface area contributed by atoms with Crippen LogP contribution in [0.4, 0.5) is 0 Å². The van der Waals surface area contributed by atoms with E-state index in [0.717, 1.165) is 16.7 Å². The summed E-state index contributed by atoms with van der Waals surface area (Å²) in [5.41, 5.74) is 2.73. The molecule has 0 amide bonds. The van der Waals surface area contributed by atoms with Crippen LogP contribution in [0.3, 0.4) is 0 Å². The number of carbonyl (C=O) groups is 1. The van der Waals surface area contributed by atoms with Crippen LogP contribution in [0.5, 0.6) is 0 Å². The Morgan fingerprint density at radius 2 is 1.89 bits per heavy atom. The molecule has 0 heterocycles. The second-order valence-corrected chi connectivity index (χ2v) is 5.01. The Hall–Kier alpha value is -1.80. The zero-order chi connectivity index (χ0) is 13.8. The summed E-state index contributed by atoms with van der Waals surface area (Å²) in [6.45, 7) is 1.96. The molecular weight excluding hydrogens is 260 g/mol. The number of hydrogen-bond donors (Lipinski definition) is 1. The molecule has 19 heavy (non-hydrogen) atoms. The number of benzene rings is 2. The van der Waals surface area contributed by atoms with Crippen LogP contribution in [0, 0.1) is 6.92 Å². The third-order valence-corrected chi connectivity index (χ3v) is 3.48. The lowest BCUT2D eigenvalue weighted by Crippen LogP contribution is -2.14. The second kappa shape index (κ2) is 5.89. The van der Waals surface area contributed by atoms with E-state index in [1.807, 2.05) is 55.5 Å². The molecule has 0 aliphatic rings. The van der Waals surface area contributed by atoms with Gasteiger partial charge in [0.2, 0.25) is 0 Å². The molecule has 0 aliphatic carbocycles. The predicted molar refractivity (Wildman–Crippen MR) is 76.7 cm³/mol. The highest BCUT2D eigenvalue weighted by Gasteiger charge is 2.21. The van der Waals surface area contributed by atoms with Crippen molar-refractivity contribution in [2.75, 3.05) is 0 Å². The quantitative estimate of drug-likeness (QED) is 0.913. The Morgan fingerprint density at radius 3 is 2.47 bits per heavy atom. The van der Waals surface area contributed by atoms with Crippen molar-refractivity contribution in [2.45, 2.75) is 19.3 Å². The molecule has 0 fully saturated rings. The molecule has 0 radical (unpaired) electrons. The smallest absolute Gasteiger partial charge is 0.311 e. The molecule has 1 unspecified atom stereocenters. The lowest BCUT2D eigenvalue weighted by molar-refractivity contribution is -0.138. The Morgan fingerprint density at radius 1 is 1.21 bits per heavy atom. The Bertz CT molecular complexity index is 579. The minimum atomic E-state index is -0.831. The van der Waals surface area contributed by atoms with Crippen molar-refractivity contribution >= 4 is 17.6 Å². The van der Waals surface area contributed by atoms with Gasteiger partial charge in [-0.15, -0.1) is 0 Å². The number of carboxylic acids is 1. The van der Waals surface area contributed by atoms with E-state index in [2.05, 4.69) is 0 Å². The summed E-state index contributed by atoms with van der Waals surface area (Å²) in [6, 6.07) is 15.0. The van der Waals surface area contributed by atoms with Crippen molar-refractivity contribution in [1.82, 2.24) is 0 Å². The number of aliphatic carboxylic acids is 1. The summed E-state index contributed by atoms with van der Waals surface area (Å²) in [4.78, 5) is 11.4. The van der Waals surface area contributed by atoms with Gasteiger partial charge in [0.15, 0.2) is 0 Å². The number of carboxylic acid groups (broad SMARTS) is 1. The van der Waals surface area contributed by atoms with Crippen LogP contribution >= 0.6 is 11.6 Å². The lowest BCUT2D eigenvalue weighted by Gasteiger charge is -2.14. The Kier molecular flexibility index (Phi) is 4.23. The average molecular weight is 275 g/mol. The highest BCUT2D eigenvalue weighted by atomic mass is 35.5. The third kappa shape index (κ3) is 3.36. The molecule has 2 rings (SSSR count). The van der Waals surface area contributed by atoms with Gasteiger partial charge in [-0.3, -0.25) is 4.79 Å². The van der Waals surface area contributed by atoms with E-state index in [-0.39, 0.29) is 0 Å². The molecule has 1 N–H and O–H groups in total. The summed E-state index contributed by atoms with van der Waals surface area (Å²) in [7, 11) is 0. The van der Waals surface area contributed by atoms with Crippen LogP contribution in [0.15, 0.2) is 48.5 Å². The molecule has 0 spiro atoms. The van der Waals surface area contributed by atoms with Crippen LogP contribution in [-0.2, 0) is 11.2 Å². The SMILES string of the molecule is Cc1ccc(CC(C(=O)O)c2ccccc2)c(Cl)c1. The van der Waals surface area contributed by atoms with Crippen LogP contribution in [0.2, 0.25) is 5.02 Å². The number of hydrogen-bond acceptors (Lipinski definition) is 1. The van der Waals surface area contributed by atoms with Crippen LogP contribution in [0.1, 0.15) is 22.6 Å². The first-order valence-corrected chi connectivity index (χ1v) is 6.48. The maximum absolute atomic E-state index is 11.4. The van der Waals surface area contributed by atoms with Crippen molar-refractivity contribution in [3.05, 3.63) is 70.2 Å². The van der Waals surface area contributed by atoms with Crippen LogP contribution < -0.4 is 0 Å². The van der Waals surface area contributed by atoms with Gasteiger partial charge in [0.25, 0.3) is 0 Å². The van der Waals surface area contributed by atoms with E-state index < -0.39 is 11.9 Å². The zero-order valence-corrected chi connectivity index (χ0v) is 11.4. The molecule has 0 bridgehead atoms.